The molecule has 1 atom stereocenters. The Kier molecular flexibility index (Phi) is 6.36. The number of carbonyl (C=O) groups excluding carboxylic acids is 1. The van der Waals surface area contributed by atoms with Crippen LogP contribution in [0.5, 0.6) is 0 Å². The smallest absolute Gasteiger partial charge is 0.257 e. The van der Waals surface area contributed by atoms with Crippen LogP contribution in [0.3, 0.4) is 0 Å². The molecule has 26 heavy (non-hydrogen) atoms. The molecule has 0 radical (unpaired) electrons. The number of amides is 1. The number of rotatable bonds is 5. The Morgan fingerprint density at radius 2 is 1.85 bits per heavy atom. The first kappa shape index (κ1) is 18.5. The van der Waals surface area contributed by atoms with E-state index in [-0.39, 0.29) is 12.0 Å². The van der Waals surface area contributed by atoms with E-state index in [1.165, 1.54) is 0 Å². The van der Waals surface area contributed by atoms with Gasteiger partial charge in [-0.1, -0.05) is 42.5 Å². The predicted molar refractivity (Wildman–Crippen MR) is 108 cm³/mol. The highest BCUT2D eigenvalue weighted by molar-refractivity contribution is 7.80. The Bertz CT molecular complexity index is 740. The molecule has 1 N–H and O–H groups in total. The third-order valence-corrected chi connectivity index (χ3v) is 4.95. The molecule has 0 spiro atoms. The minimum absolute atomic E-state index is 0.180. The van der Waals surface area contributed by atoms with Crippen molar-refractivity contribution < 1.29 is 9.53 Å². The predicted octanol–water partition coefficient (Wildman–Crippen LogP) is 3.87. The van der Waals surface area contributed by atoms with Gasteiger partial charge in [-0.2, -0.15) is 0 Å². The fourth-order valence-corrected chi connectivity index (χ4v) is 3.38. The third kappa shape index (κ3) is 4.68. The van der Waals surface area contributed by atoms with Crippen molar-refractivity contribution in [2.24, 2.45) is 0 Å². The first-order chi connectivity index (χ1) is 12.7. The second-order valence-electron chi connectivity index (χ2n) is 6.38. The van der Waals surface area contributed by atoms with Gasteiger partial charge in [-0.05, 0) is 55.2 Å². The van der Waals surface area contributed by atoms with Crippen molar-refractivity contribution in [2.75, 3.05) is 19.7 Å². The van der Waals surface area contributed by atoms with Crippen LogP contribution in [0.15, 0.2) is 54.6 Å². The molecule has 0 saturated carbocycles. The quantitative estimate of drug-likeness (QED) is 0.814. The van der Waals surface area contributed by atoms with E-state index in [9.17, 15) is 4.79 Å². The summed E-state index contributed by atoms with van der Waals surface area (Å²) >= 11 is 5.43. The minimum atomic E-state index is -0.180. The van der Waals surface area contributed by atoms with Crippen molar-refractivity contribution in [2.45, 2.75) is 25.9 Å². The van der Waals surface area contributed by atoms with Crippen LogP contribution in [0, 0.1) is 0 Å². The molecule has 1 fully saturated rings. The maximum Gasteiger partial charge on any atom is 0.257 e. The number of benzene rings is 2. The minimum Gasteiger partial charge on any atom is -0.376 e. The number of nitrogens with zero attached hydrogens (tertiary/aromatic N) is 1. The zero-order chi connectivity index (χ0) is 18.4. The highest BCUT2D eigenvalue weighted by Gasteiger charge is 2.21. The van der Waals surface area contributed by atoms with Crippen LogP contribution >= 0.6 is 12.2 Å². The molecule has 136 valence electrons. The third-order valence-electron chi connectivity index (χ3n) is 4.59. The number of likely N-dealkylation sites (N-methyl/N-ethyl adjacent to an activating group) is 1. The van der Waals surface area contributed by atoms with E-state index in [0.29, 0.717) is 10.7 Å². The van der Waals surface area contributed by atoms with E-state index >= 15 is 0 Å². The molecule has 0 bridgehead atoms. The van der Waals surface area contributed by atoms with E-state index in [0.717, 1.165) is 43.7 Å². The lowest BCUT2D eigenvalue weighted by atomic mass is 10.0. The molecule has 1 aliphatic heterocycles. The van der Waals surface area contributed by atoms with Gasteiger partial charge in [0.05, 0.1) is 6.10 Å². The van der Waals surface area contributed by atoms with E-state index in [1.54, 1.807) is 0 Å². The second-order valence-corrected chi connectivity index (χ2v) is 6.76. The molecule has 4 nitrogen and oxygen atoms in total. The number of nitrogens with one attached hydrogen (secondary N) is 1. The van der Waals surface area contributed by atoms with E-state index < -0.39 is 0 Å². The zero-order valence-electron chi connectivity index (χ0n) is 15.0. The van der Waals surface area contributed by atoms with Crippen LogP contribution in [0.25, 0.3) is 11.1 Å². The summed E-state index contributed by atoms with van der Waals surface area (Å²) in [5.74, 6) is -0.180. The molecule has 2 aromatic carbocycles. The van der Waals surface area contributed by atoms with Crippen LogP contribution < -0.4 is 5.32 Å². The highest BCUT2D eigenvalue weighted by atomic mass is 32.1. The molecule has 0 aromatic heterocycles. The van der Waals surface area contributed by atoms with Gasteiger partial charge in [0.15, 0.2) is 5.11 Å². The average Bonchev–Trinajstić information content (AvgIpc) is 3.20. The van der Waals surface area contributed by atoms with Crippen LogP contribution in [-0.4, -0.2) is 41.7 Å². The number of hydrogen-bond acceptors (Lipinski definition) is 3. The normalized spacial score (nSPS) is 16.3. The summed E-state index contributed by atoms with van der Waals surface area (Å²) in [4.78, 5) is 14.5. The number of carbonyl (C=O) groups is 1. The van der Waals surface area contributed by atoms with E-state index in [4.69, 9.17) is 17.0 Å². The Morgan fingerprint density at radius 3 is 2.46 bits per heavy atom. The summed E-state index contributed by atoms with van der Waals surface area (Å²) in [6.45, 7) is 4.31. The SMILES string of the molecule is CCN(CC1CCCO1)C(=S)NC(=O)c1ccc(-c2ccccc2)cc1. The lowest BCUT2D eigenvalue weighted by molar-refractivity contribution is 0.0895. The van der Waals surface area contributed by atoms with Crippen molar-refractivity contribution in [3.63, 3.8) is 0 Å². The molecule has 1 aliphatic rings. The van der Waals surface area contributed by atoms with Gasteiger partial charge in [0.2, 0.25) is 0 Å². The molecule has 1 saturated heterocycles. The zero-order valence-corrected chi connectivity index (χ0v) is 15.8. The fraction of sp³-hybridized carbons (Fsp3) is 0.333. The average molecular weight is 369 g/mol. The Balaban J connectivity index is 1.60. The summed E-state index contributed by atoms with van der Waals surface area (Å²) in [5, 5.41) is 3.30. The van der Waals surface area contributed by atoms with Crippen LogP contribution in [0.2, 0.25) is 0 Å². The van der Waals surface area contributed by atoms with Gasteiger partial charge in [-0.3, -0.25) is 10.1 Å². The monoisotopic (exact) mass is 368 g/mol. The van der Waals surface area contributed by atoms with Gasteiger partial charge >= 0.3 is 0 Å². The molecular formula is C21H24N2O2S. The number of thiocarbonyl (C=S) groups is 1. The fourth-order valence-electron chi connectivity index (χ4n) is 3.08. The molecule has 2 aromatic rings. The van der Waals surface area contributed by atoms with Crippen molar-refractivity contribution >= 4 is 23.2 Å². The number of hydrogen-bond donors (Lipinski definition) is 1. The molecular weight excluding hydrogens is 344 g/mol. The molecule has 0 aliphatic carbocycles. The van der Waals surface area contributed by atoms with Gasteiger partial charge in [0, 0.05) is 25.3 Å². The van der Waals surface area contributed by atoms with Gasteiger partial charge in [0.1, 0.15) is 0 Å². The van der Waals surface area contributed by atoms with Crippen molar-refractivity contribution in [1.29, 1.82) is 0 Å². The highest BCUT2D eigenvalue weighted by Crippen LogP contribution is 2.19. The molecule has 3 rings (SSSR count). The second kappa shape index (κ2) is 8.92. The first-order valence-electron chi connectivity index (χ1n) is 9.04. The summed E-state index contributed by atoms with van der Waals surface area (Å²) in [7, 11) is 0. The largest absolute Gasteiger partial charge is 0.376 e. The summed E-state index contributed by atoms with van der Waals surface area (Å²) in [6.07, 6.45) is 2.35. The van der Waals surface area contributed by atoms with Crippen LogP contribution in [0.1, 0.15) is 30.1 Å². The Morgan fingerprint density at radius 1 is 1.15 bits per heavy atom. The molecule has 1 amide bonds. The first-order valence-corrected chi connectivity index (χ1v) is 9.45. The number of ether oxygens (including phenoxy) is 1. The van der Waals surface area contributed by atoms with Crippen LogP contribution in [0.4, 0.5) is 0 Å². The Hall–Kier alpha value is -2.24. The Labute approximate surface area is 160 Å². The van der Waals surface area contributed by atoms with Gasteiger partial charge in [-0.15, -0.1) is 0 Å². The van der Waals surface area contributed by atoms with Crippen molar-refractivity contribution in [3.8, 4) is 11.1 Å². The summed E-state index contributed by atoms with van der Waals surface area (Å²) in [5.41, 5.74) is 2.81. The van der Waals surface area contributed by atoms with Crippen molar-refractivity contribution in [3.05, 3.63) is 60.2 Å². The maximum atomic E-state index is 12.5. The molecule has 5 heteroatoms. The van der Waals surface area contributed by atoms with Crippen molar-refractivity contribution in [1.82, 2.24) is 10.2 Å². The lowest BCUT2D eigenvalue weighted by Gasteiger charge is -2.26. The lowest BCUT2D eigenvalue weighted by Crippen LogP contribution is -2.45. The van der Waals surface area contributed by atoms with Gasteiger partial charge < -0.3 is 9.64 Å². The molecule has 1 heterocycles. The van der Waals surface area contributed by atoms with Crippen LogP contribution in [-0.2, 0) is 4.74 Å². The standard InChI is InChI=1S/C21H24N2O2S/c1-2-23(15-19-9-6-14-25-19)21(26)22-20(24)18-12-10-17(11-13-18)16-7-4-3-5-8-16/h3-5,7-8,10-13,19H,2,6,9,14-15H2,1H3,(H,22,24,26). The summed E-state index contributed by atoms with van der Waals surface area (Å²) < 4.78 is 5.67. The summed E-state index contributed by atoms with van der Waals surface area (Å²) in [6, 6.07) is 17.7. The maximum absolute atomic E-state index is 12.5. The topological polar surface area (TPSA) is 41.6 Å². The van der Waals surface area contributed by atoms with Gasteiger partial charge in [0.25, 0.3) is 5.91 Å². The van der Waals surface area contributed by atoms with E-state index in [1.807, 2.05) is 54.3 Å². The van der Waals surface area contributed by atoms with Gasteiger partial charge in [-0.25, -0.2) is 0 Å². The van der Waals surface area contributed by atoms with E-state index in [2.05, 4.69) is 17.4 Å². The molecule has 1 unspecified atom stereocenters.